The lowest BCUT2D eigenvalue weighted by atomic mass is 10.2. The average molecular weight is 335 g/mol. The molecule has 0 radical (unpaired) electrons. The molecular formula is C15H17ClF2O2S. The normalized spacial score (nSPS) is 14.3. The Morgan fingerprint density at radius 2 is 2.00 bits per heavy atom. The van der Waals surface area contributed by atoms with E-state index in [-0.39, 0.29) is 11.3 Å². The van der Waals surface area contributed by atoms with Crippen molar-refractivity contribution >= 4 is 22.4 Å². The summed E-state index contributed by atoms with van der Waals surface area (Å²) in [6, 6.07) is 6.81. The van der Waals surface area contributed by atoms with Crippen molar-refractivity contribution in [3.8, 4) is 0 Å². The molecule has 0 aliphatic carbocycles. The number of hydrogen-bond acceptors (Lipinski definition) is 2. The molecule has 0 N–H and O–H groups in total. The highest BCUT2D eigenvalue weighted by atomic mass is 35.5. The first-order valence-electron chi connectivity index (χ1n) is 6.25. The third kappa shape index (κ3) is 4.93. The molecule has 0 aliphatic heterocycles. The molecule has 6 heteroatoms. The maximum Gasteiger partial charge on any atom is 0.380 e. The molecule has 0 bridgehead atoms. The molecule has 0 amide bonds. The lowest BCUT2D eigenvalue weighted by Gasteiger charge is -2.17. The van der Waals surface area contributed by atoms with Gasteiger partial charge in [-0.3, -0.25) is 0 Å². The molecule has 1 unspecified atom stereocenters. The largest absolute Gasteiger partial charge is 0.493 e. The van der Waals surface area contributed by atoms with Gasteiger partial charge in [0.05, 0.1) is 22.8 Å². The molecule has 0 saturated carbocycles. The number of aryl methyl sites for hydroxylation is 1. The van der Waals surface area contributed by atoms with Gasteiger partial charge >= 0.3 is 5.38 Å². The van der Waals surface area contributed by atoms with Crippen LogP contribution in [0, 0.1) is 6.92 Å². The fraction of sp³-hybridized carbons (Fsp3) is 0.333. The van der Waals surface area contributed by atoms with Crippen molar-refractivity contribution < 1.29 is 17.7 Å². The fourth-order valence-electron chi connectivity index (χ4n) is 1.72. The van der Waals surface area contributed by atoms with Crippen LogP contribution in [0.3, 0.4) is 0 Å². The van der Waals surface area contributed by atoms with Gasteiger partial charge in [0.25, 0.3) is 0 Å². The third-order valence-corrected chi connectivity index (χ3v) is 4.46. The molecule has 0 spiro atoms. The summed E-state index contributed by atoms with van der Waals surface area (Å²) >= 11 is 5.05. The van der Waals surface area contributed by atoms with Crippen molar-refractivity contribution in [2.45, 2.75) is 30.0 Å². The lowest BCUT2D eigenvalue weighted by molar-refractivity contribution is 0.0650. The van der Waals surface area contributed by atoms with E-state index < -0.39 is 21.9 Å². The summed E-state index contributed by atoms with van der Waals surface area (Å²) in [5.41, 5.74) is 0.988. The van der Waals surface area contributed by atoms with Crippen LogP contribution in [-0.4, -0.2) is 16.7 Å². The second-order valence-corrected chi connectivity index (χ2v) is 6.34. The van der Waals surface area contributed by atoms with Gasteiger partial charge in [-0.25, -0.2) is 4.21 Å². The van der Waals surface area contributed by atoms with Crippen molar-refractivity contribution in [3.05, 3.63) is 53.1 Å². The summed E-state index contributed by atoms with van der Waals surface area (Å²) in [5.74, 6) is -0.759. The predicted molar refractivity (Wildman–Crippen MR) is 81.9 cm³/mol. The molecule has 116 valence electrons. The van der Waals surface area contributed by atoms with Crippen LogP contribution in [0.25, 0.3) is 0 Å². The Hall–Kier alpha value is -1.20. The van der Waals surface area contributed by atoms with Crippen LogP contribution in [-0.2, 0) is 15.5 Å². The Labute approximate surface area is 130 Å². The number of allylic oxidation sites excluding steroid dienone is 3. The molecule has 1 atom stereocenters. The molecule has 1 aromatic rings. The molecule has 0 heterocycles. The van der Waals surface area contributed by atoms with Crippen molar-refractivity contribution in [2.75, 3.05) is 7.11 Å². The topological polar surface area (TPSA) is 26.3 Å². The molecular weight excluding hydrogens is 318 g/mol. The number of alkyl halides is 3. The zero-order valence-electron chi connectivity index (χ0n) is 11.9. The van der Waals surface area contributed by atoms with Crippen LogP contribution < -0.4 is 0 Å². The van der Waals surface area contributed by atoms with Gasteiger partial charge in [-0.2, -0.15) is 8.78 Å². The number of hydrogen-bond donors (Lipinski definition) is 0. The van der Waals surface area contributed by atoms with E-state index in [0.717, 1.165) is 12.7 Å². The summed E-state index contributed by atoms with van der Waals surface area (Å²) in [4.78, 5) is 0.399. The molecule has 0 aliphatic rings. The molecule has 1 aromatic carbocycles. The van der Waals surface area contributed by atoms with Crippen LogP contribution in [0.5, 0.6) is 0 Å². The van der Waals surface area contributed by atoms with Crippen molar-refractivity contribution in [2.24, 2.45) is 0 Å². The van der Waals surface area contributed by atoms with Gasteiger partial charge in [0.15, 0.2) is 5.76 Å². The van der Waals surface area contributed by atoms with Crippen molar-refractivity contribution in [3.63, 3.8) is 0 Å². The van der Waals surface area contributed by atoms with E-state index in [2.05, 4.69) is 6.58 Å². The van der Waals surface area contributed by atoms with E-state index in [4.69, 9.17) is 16.3 Å². The van der Waals surface area contributed by atoms with Crippen LogP contribution in [0.15, 0.2) is 52.5 Å². The van der Waals surface area contributed by atoms with E-state index in [1.54, 1.807) is 30.3 Å². The van der Waals surface area contributed by atoms with Gasteiger partial charge in [0.2, 0.25) is 0 Å². The second kappa shape index (κ2) is 7.71. The Morgan fingerprint density at radius 1 is 1.43 bits per heavy atom. The summed E-state index contributed by atoms with van der Waals surface area (Å²) in [6.45, 7) is 5.42. The van der Waals surface area contributed by atoms with Gasteiger partial charge in [-0.05, 0) is 43.5 Å². The summed E-state index contributed by atoms with van der Waals surface area (Å²) < 4.78 is 44.1. The summed E-state index contributed by atoms with van der Waals surface area (Å²) in [6.07, 6.45) is 2.09. The van der Waals surface area contributed by atoms with Gasteiger partial charge in [-0.1, -0.05) is 23.8 Å². The standard InChI is InChI=1S/C15H17ClF2O2S/c1-4-5-6-13(14(20-3)15(16,17)18)21(19)12-9-7-11(2)8-10-12/h4,7-10H,1,5-6H2,2-3H3/b14-13-. The first-order chi connectivity index (χ1) is 9.81. The Kier molecular flexibility index (Phi) is 6.55. The van der Waals surface area contributed by atoms with Gasteiger partial charge in [0, 0.05) is 4.90 Å². The van der Waals surface area contributed by atoms with Crippen LogP contribution in [0.4, 0.5) is 8.78 Å². The molecule has 0 aromatic heterocycles. The van der Waals surface area contributed by atoms with Gasteiger partial charge in [-0.15, -0.1) is 6.58 Å². The Balaban J connectivity index is 3.30. The molecule has 21 heavy (non-hydrogen) atoms. The minimum Gasteiger partial charge on any atom is -0.493 e. The fourth-order valence-corrected chi connectivity index (χ4v) is 3.31. The molecule has 0 fully saturated rings. The second-order valence-electron chi connectivity index (χ2n) is 4.36. The van der Waals surface area contributed by atoms with E-state index >= 15 is 0 Å². The first-order valence-corrected chi connectivity index (χ1v) is 7.77. The van der Waals surface area contributed by atoms with E-state index in [0.29, 0.717) is 11.3 Å². The Bertz CT molecular complexity index is 548. The number of rotatable bonds is 7. The minimum absolute atomic E-state index is 0.0266. The highest BCUT2D eigenvalue weighted by Crippen LogP contribution is 2.35. The maximum absolute atomic E-state index is 13.4. The lowest BCUT2D eigenvalue weighted by Crippen LogP contribution is -2.17. The number of methoxy groups -OCH3 is 1. The number of benzene rings is 1. The summed E-state index contributed by atoms with van der Waals surface area (Å²) in [5, 5.41) is -3.70. The number of ether oxygens (including phenoxy) is 1. The van der Waals surface area contributed by atoms with Crippen molar-refractivity contribution in [1.29, 1.82) is 0 Å². The average Bonchev–Trinajstić information content (AvgIpc) is 2.42. The minimum atomic E-state index is -3.70. The molecule has 1 rings (SSSR count). The maximum atomic E-state index is 13.4. The van der Waals surface area contributed by atoms with Crippen LogP contribution in [0.2, 0.25) is 0 Å². The van der Waals surface area contributed by atoms with Crippen molar-refractivity contribution in [1.82, 2.24) is 0 Å². The van der Waals surface area contributed by atoms with Crippen LogP contribution in [0.1, 0.15) is 18.4 Å². The summed E-state index contributed by atoms with van der Waals surface area (Å²) in [7, 11) is -0.676. The van der Waals surface area contributed by atoms with Crippen LogP contribution >= 0.6 is 11.6 Å². The monoisotopic (exact) mass is 334 g/mol. The van der Waals surface area contributed by atoms with E-state index in [1.807, 2.05) is 6.92 Å². The Morgan fingerprint density at radius 3 is 2.43 bits per heavy atom. The highest BCUT2D eigenvalue weighted by Gasteiger charge is 2.37. The smallest absolute Gasteiger partial charge is 0.380 e. The zero-order valence-corrected chi connectivity index (χ0v) is 13.4. The van der Waals surface area contributed by atoms with E-state index in [1.165, 1.54) is 0 Å². The highest BCUT2D eigenvalue weighted by molar-refractivity contribution is 7.89. The molecule has 2 nitrogen and oxygen atoms in total. The first kappa shape index (κ1) is 17.9. The predicted octanol–water partition coefficient (Wildman–Crippen LogP) is 4.76. The van der Waals surface area contributed by atoms with Gasteiger partial charge < -0.3 is 4.74 Å². The molecule has 0 saturated heterocycles. The van der Waals surface area contributed by atoms with E-state index in [9.17, 15) is 13.0 Å². The number of halogens is 3. The quantitative estimate of drug-likeness (QED) is 0.408. The SMILES string of the molecule is C=CCC/C(=C(/OC)C(F)(F)Cl)S(=O)c1ccc(C)cc1. The zero-order chi connectivity index (χ0) is 16.0. The van der Waals surface area contributed by atoms with Gasteiger partial charge in [0.1, 0.15) is 0 Å². The third-order valence-electron chi connectivity index (χ3n) is 2.75.